The van der Waals surface area contributed by atoms with Crippen LogP contribution in [-0.4, -0.2) is 21.8 Å². The normalized spacial score (nSPS) is 12.2. The lowest BCUT2D eigenvalue weighted by Crippen LogP contribution is -2.15. The van der Waals surface area contributed by atoms with E-state index in [2.05, 4.69) is 25.1 Å². The SMILES string of the molecule is NS(=O)(=O)OCc1csc(-c2ccc(S(=O)(=O)c3ccc(Br)cc3)cc2)n1. The zero-order chi connectivity index (χ0) is 19.7. The van der Waals surface area contributed by atoms with Gasteiger partial charge in [0.2, 0.25) is 9.84 Å². The van der Waals surface area contributed by atoms with E-state index in [-0.39, 0.29) is 16.4 Å². The molecule has 3 rings (SSSR count). The van der Waals surface area contributed by atoms with Crippen LogP contribution in [-0.2, 0) is 30.9 Å². The van der Waals surface area contributed by atoms with E-state index >= 15 is 0 Å². The molecule has 0 unspecified atom stereocenters. The predicted molar refractivity (Wildman–Crippen MR) is 105 cm³/mol. The van der Waals surface area contributed by atoms with Crippen molar-refractivity contribution in [3.05, 3.63) is 64.1 Å². The molecule has 0 aliphatic carbocycles. The third-order valence-electron chi connectivity index (χ3n) is 3.46. The van der Waals surface area contributed by atoms with Gasteiger partial charge in [0.15, 0.2) is 0 Å². The van der Waals surface area contributed by atoms with Crippen molar-refractivity contribution >= 4 is 47.4 Å². The molecule has 0 aliphatic rings. The molecule has 1 aromatic heterocycles. The summed E-state index contributed by atoms with van der Waals surface area (Å²) < 4.78 is 52.3. The van der Waals surface area contributed by atoms with Crippen LogP contribution < -0.4 is 5.14 Å². The summed E-state index contributed by atoms with van der Waals surface area (Å²) in [5.41, 5.74) is 1.12. The van der Waals surface area contributed by atoms with Crippen LogP contribution in [0, 0.1) is 0 Å². The average Bonchev–Trinajstić information content (AvgIpc) is 3.09. The number of hydrogen-bond acceptors (Lipinski definition) is 7. The molecule has 11 heteroatoms. The molecule has 7 nitrogen and oxygen atoms in total. The summed E-state index contributed by atoms with van der Waals surface area (Å²) in [6.45, 7) is -0.259. The van der Waals surface area contributed by atoms with E-state index in [1.807, 2.05) is 0 Å². The minimum absolute atomic E-state index is 0.169. The number of benzene rings is 2. The van der Waals surface area contributed by atoms with Crippen molar-refractivity contribution in [3.63, 3.8) is 0 Å². The Labute approximate surface area is 169 Å². The maximum Gasteiger partial charge on any atom is 0.333 e. The molecule has 0 bridgehead atoms. The van der Waals surface area contributed by atoms with Gasteiger partial charge in [-0.1, -0.05) is 28.1 Å². The van der Waals surface area contributed by atoms with Gasteiger partial charge in [-0.2, -0.15) is 8.42 Å². The Balaban J connectivity index is 1.81. The monoisotopic (exact) mass is 488 g/mol. The van der Waals surface area contributed by atoms with Gasteiger partial charge in [0, 0.05) is 15.4 Å². The Morgan fingerprint density at radius 1 is 0.963 bits per heavy atom. The lowest BCUT2D eigenvalue weighted by Gasteiger charge is -2.05. The Bertz CT molecular complexity index is 1160. The molecule has 0 saturated heterocycles. The van der Waals surface area contributed by atoms with Crippen LogP contribution in [0.4, 0.5) is 0 Å². The van der Waals surface area contributed by atoms with Crippen LogP contribution in [0.5, 0.6) is 0 Å². The number of aromatic nitrogens is 1. The van der Waals surface area contributed by atoms with Crippen molar-refractivity contribution in [3.8, 4) is 10.6 Å². The van der Waals surface area contributed by atoms with Gasteiger partial charge < -0.3 is 0 Å². The van der Waals surface area contributed by atoms with Gasteiger partial charge in [-0.15, -0.1) is 11.3 Å². The maximum atomic E-state index is 12.7. The lowest BCUT2D eigenvalue weighted by atomic mass is 10.2. The summed E-state index contributed by atoms with van der Waals surface area (Å²) in [4.78, 5) is 4.64. The summed E-state index contributed by atoms with van der Waals surface area (Å²) in [7, 11) is -7.65. The van der Waals surface area contributed by atoms with Gasteiger partial charge in [-0.05, 0) is 36.4 Å². The maximum absolute atomic E-state index is 12.7. The summed E-state index contributed by atoms with van der Waals surface area (Å²) >= 11 is 4.56. The van der Waals surface area contributed by atoms with Crippen LogP contribution in [0.15, 0.2) is 68.2 Å². The van der Waals surface area contributed by atoms with Crippen molar-refractivity contribution in [1.29, 1.82) is 0 Å². The average molecular weight is 489 g/mol. The Morgan fingerprint density at radius 3 is 2.07 bits per heavy atom. The van der Waals surface area contributed by atoms with E-state index in [1.54, 1.807) is 29.6 Å². The molecule has 0 atom stereocenters. The molecule has 0 radical (unpaired) electrons. The topological polar surface area (TPSA) is 116 Å². The molecule has 0 saturated carbocycles. The van der Waals surface area contributed by atoms with Crippen LogP contribution >= 0.6 is 27.3 Å². The minimum Gasteiger partial charge on any atom is -0.252 e. The zero-order valence-corrected chi connectivity index (χ0v) is 17.6. The largest absolute Gasteiger partial charge is 0.333 e. The summed E-state index contributed by atoms with van der Waals surface area (Å²) in [5.74, 6) is 0. The molecule has 2 aromatic carbocycles. The van der Waals surface area contributed by atoms with Gasteiger partial charge in [0.1, 0.15) is 11.6 Å². The Kier molecular flexibility index (Phi) is 5.79. The van der Waals surface area contributed by atoms with Crippen molar-refractivity contribution in [2.75, 3.05) is 0 Å². The highest BCUT2D eigenvalue weighted by Crippen LogP contribution is 2.28. The van der Waals surface area contributed by atoms with Gasteiger partial charge in [-0.3, -0.25) is 4.18 Å². The smallest absolute Gasteiger partial charge is 0.252 e. The molecular weight excluding hydrogens is 476 g/mol. The van der Waals surface area contributed by atoms with E-state index in [1.165, 1.54) is 35.6 Å². The van der Waals surface area contributed by atoms with Crippen LogP contribution in [0.3, 0.4) is 0 Å². The van der Waals surface area contributed by atoms with Gasteiger partial charge in [0.25, 0.3) is 0 Å². The first-order valence-electron chi connectivity index (χ1n) is 7.38. The number of thiazole rings is 1. The Hall–Kier alpha value is -1.63. The Morgan fingerprint density at radius 2 is 1.52 bits per heavy atom. The minimum atomic E-state index is -4.03. The molecule has 0 aliphatic heterocycles. The second-order valence-corrected chi connectivity index (χ2v) is 10.3. The highest BCUT2D eigenvalue weighted by atomic mass is 79.9. The number of sulfone groups is 1. The molecular formula is C16H13BrN2O5S3. The van der Waals surface area contributed by atoms with E-state index in [0.717, 1.165) is 4.47 Å². The predicted octanol–water partition coefficient (Wildman–Crippen LogP) is 3.13. The molecule has 1 heterocycles. The van der Waals surface area contributed by atoms with Crippen LogP contribution in [0.25, 0.3) is 10.6 Å². The number of halogens is 1. The molecule has 27 heavy (non-hydrogen) atoms. The third kappa shape index (κ3) is 5.00. The molecule has 0 spiro atoms. The molecule has 3 aromatic rings. The third-order valence-corrected chi connectivity index (χ3v) is 7.16. The fourth-order valence-corrected chi connectivity index (χ4v) is 4.80. The molecule has 0 amide bonds. The van der Waals surface area contributed by atoms with Crippen LogP contribution in [0.2, 0.25) is 0 Å². The first-order chi connectivity index (χ1) is 12.6. The summed E-state index contributed by atoms with van der Waals surface area (Å²) in [6, 6.07) is 12.7. The second kappa shape index (κ2) is 7.78. The van der Waals surface area contributed by atoms with E-state index in [0.29, 0.717) is 16.3 Å². The zero-order valence-electron chi connectivity index (χ0n) is 13.6. The first kappa shape index (κ1) is 20.1. The van der Waals surface area contributed by atoms with Crippen molar-refractivity contribution in [2.24, 2.45) is 5.14 Å². The fourth-order valence-electron chi connectivity index (χ4n) is 2.17. The second-order valence-electron chi connectivity index (χ2n) is 5.38. The standard InChI is InChI=1S/C16H13BrN2O5S3/c17-12-3-7-15(8-4-12)26(20,21)14-5-1-11(2-6-14)16-19-13(10-25-16)9-24-27(18,22)23/h1-8,10H,9H2,(H2,18,22,23). The number of hydrogen-bond donors (Lipinski definition) is 1. The number of nitrogens with two attached hydrogens (primary N) is 1. The molecule has 2 N–H and O–H groups in total. The number of nitrogens with zero attached hydrogens (tertiary/aromatic N) is 1. The van der Waals surface area contributed by atoms with E-state index < -0.39 is 20.1 Å². The van der Waals surface area contributed by atoms with Crippen molar-refractivity contribution < 1.29 is 21.0 Å². The summed E-state index contributed by atoms with van der Waals surface area (Å²) in [6.07, 6.45) is 0. The highest BCUT2D eigenvalue weighted by molar-refractivity contribution is 9.10. The fraction of sp³-hybridized carbons (Fsp3) is 0.0625. The van der Waals surface area contributed by atoms with E-state index in [9.17, 15) is 16.8 Å². The lowest BCUT2D eigenvalue weighted by molar-refractivity contribution is 0.305. The van der Waals surface area contributed by atoms with Gasteiger partial charge >= 0.3 is 10.3 Å². The van der Waals surface area contributed by atoms with Gasteiger partial charge in [-0.25, -0.2) is 18.5 Å². The first-order valence-corrected chi connectivity index (χ1v) is 12.0. The van der Waals surface area contributed by atoms with Crippen molar-refractivity contribution in [2.45, 2.75) is 16.4 Å². The van der Waals surface area contributed by atoms with Gasteiger partial charge in [0.05, 0.1) is 15.5 Å². The summed E-state index contributed by atoms with van der Waals surface area (Å²) in [5, 5.41) is 7.03. The van der Waals surface area contributed by atoms with E-state index in [4.69, 9.17) is 5.14 Å². The molecule has 0 fully saturated rings. The quantitative estimate of drug-likeness (QED) is 0.569. The van der Waals surface area contributed by atoms with Crippen molar-refractivity contribution in [1.82, 2.24) is 4.98 Å². The highest BCUT2D eigenvalue weighted by Gasteiger charge is 2.18. The number of rotatable bonds is 6. The molecule has 142 valence electrons. The van der Waals surface area contributed by atoms with Crippen LogP contribution in [0.1, 0.15) is 5.69 Å².